The lowest BCUT2D eigenvalue weighted by Crippen LogP contribution is -2.03. The van der Waals surface area contributed by atoms with Crippen molar-refractivity contribution in [2.75, 3.05) is 0 Å². The number of aromatic nitrogens is 2. The van der Waals surface area contributed by atoms with Crippen molar-refractivity contribution >= 4 is 43.6 Å². The molecule has 4 nitrogen and oxygen atoms in total. The summed E-state index contributed by atoms with van der Waals surface area (Å²) in [6.07, 6.45) is 0. The summed E-state index contributed by atoms with van der Waals surface area (Å²) in [7, 11) is 0. The highest BCUT2D eigenvalue weighted by molar-refractivity contribution is 6.13. The Morgan fingerprint density at radius 3 is 1.32 bits per heavy atom. The van der Waals surface area contributed by atoms with Gasteiger partial charge in [0.05, 0.1) is 56.7 Å². The minimum atomic E-state index is 0.581. The van der Waals surface area contributed by atoms with Crippen molar-refractivity contribution in [2.45, 2.75) is 20.8 Å². The zero-order valence-electron chi connectivity index (χ0n) is 35.2. The molecule has 11 aromatic rings. The Morgan fingerprint density at radius 1 is 0.317 bits per heavy atom. The first-order valence-corrected chi connectivity index (χ1v) is 21.3. The molecule has 63 heavy (non-hydrogen) atoms. The van der Waals surface area contributed by atoms with Gasteiger partial charge in [-0.1, -0.05) is 115 Å². The number of hydrogen-bond acceptors (Lipinski definition) is 2. The number of nitrogens with zero attached hydrogens (tertiary/aromatic N) is 4. The van der Waals surface area contributed by atoms with E-state index in [2.05, 4.69) is 206 Å². The van der Waals surface area contributed by atoms with E-state index >= 15 is 0 Å². The fourth-order valence-corrected chi connectivity index (χ4v) is 9.78. The fourth-order valence-electron chi connectivity index (χ4n) is 9.78. The molecule has 0 radical (unpaired) electrons. The van der Waals surface area contributed by atoms with Gasteiger partial charge in [-0.05, 0) is 144 Å². The molecule has 0 saturated heterocycles. The topological polar surface area (TPSA) is 57.4 Å². The van der Waals surface area contributed by atoms with Crippen LogP contribution in [-0.4, -0.2) is 9.13 Å². The molecule has 11 rings (SSSR count). The largest absolute Gasteiger partial charge is 0.309 e. The number of benzene rings is 9. The van der Waals surface area contributed by atoms with Crippen LogP contribution in [0.5, 0.6) is 0 Å². The molecule has 0 spiro atoms. The Kier molecular flexibility index (Phi) is 8.90. The minimum absolute atomic E-state index is 0.581. The van der Waals surface area contributed by atoms with Crippen molar-refractivity contribution < 1.29 is 0 Å². The highest BCUT2D eigenvalue weighted by Gasteiger charge is 2.23. The maximum atomic E-state index is 10.5. The maximum absolute atomic E-state index is 10.5. The second-order valence-corrected chi connectivity index (χ2v) is 16.5. The van der Waals surface area contributed by atoms with Crippen LogP contribution in [0.25, 0.3) is 99.5 Å². The predicted molar refractivity (Wildman–Crippen MR) is 261 cm³/mol. The van der Waals surface area contributed by atoms with Crippen LogP contribution in [-0.2, 0) is 0 Å². The van der Waals surface area contributed by atoms with Gasteiger partial charge < -0.3 is 9.13 Å². The van der Waals surface area contributed by atoms with Gasteiger partial charge in [0.2, 0.25) is 0 Å². The summed E-state index contributed by atoms with van der Waals surface area (Å²) in [5.74, 6) is 0. The third kappa shape index (κ3) is 6.12. The van der Waals surface area contributed by atoms with Crippen molar-refractivity contribution in [2.24, 2.45) is 0 Å². The zero-order chi connectivity index (χ0) is 42.8. The highest BCUT2D eigenvalue weighted by Crippen LogP contribution is 2.44. The Balaban J connectivity index is 1.22. The lowest BCUT2D eigenvalue weighted by atomic mass is 9.92. The zero-order valence-corrected chi connectivity index (χ0v) is 35.2. The average molecular weight is 805 g/mol. The Morgan fingerprint density at radius 2 is 0.762 bits per heavy atom. The number of nitriles is 2. The minimum Gasteiger partial charge on any atom is -0.309 e. The molecule has 0 saturated carbocycles. The first kappa shape index (κ1) is 37.6. The smallest absolute Gasteiger partial charge is 0.0992 e. The van der Waals surface area contributed by atoms with Crippen molar-refractivity contribution in [1.29, 1.82) is 10.5 Å². The van der Waals surface area contributed by atoms with E-state index in [0.29, 0.717) is 11.1 Å². The second-order valence-electron chi connectivity index (χ2n) is 16.5. The monoisotopic (exact) mass is 804 g/mol. The predicted octanol–water partition coefficient (Wildman–Crippen LogP) is 15.2. The number of aryl methyl sites for hydroxylation is 3. The van der Waals surface area contributed by atoms with Crippen LogP contribution in [0, 0.1) is 43.4 Å². The van der Waals surface area contributed by atoms with E-state index in [4.69, 9.17) is 0 Å². The van der Waals surface area contributed by atoms with E-state index in [0.717, 1.165) is 72.0 Å². The van der Waals surface area contributed by atoms with E-state index in [1.807, 2.05) is 24.3 Å². The van der Waals surface area contributed by atoms with Crippen molar-refractivity contribution in [3.8, 4) is 68.0 Å². The van der Waals surface area contributed by atoms with Crippen LogP contribution in [0.1, 0.15) is 27.8 Å². The third-order valence-corrected chi connectivity index (χ3v) is 12.8. The number of rotatable bonds is 6. The Labute approximate surface area is 366 Å². The van der Waals surface area contributed by atoms with Gasteiger partial charge in [0.15, 0.2) is 0 Å². The third-order valence-electron chi connectivity index (χ3n) is 12.8. The van der Waals surface area contributed by atoms with Gasteiger partial charge in [-0.2, -0.15) is 10.5 Å². The molecular weight excluding hydrogens is 765 g/mol. The second kappa shape index (κ2) is 14.9. The summed E-state index contributed by atoms with van der Waals surface area (Å²) in [4.78, 5) is 0. The molecule has 0 atom stereocenters. The normalized spacial score (nSPS) is 11.4. The molecule has 0 amide bonds. The molecule has 296 valence electrons. The highest BCUT2D eigenvalue weighted by atomic mass is 15.0. The first-order valence-electron chi connectivity index (χ1n) is 21.3. The van der Waals surface area contributed by atoms with Crippen LogP contribution >= 0.6 is 0 Å². The number of para-hydroxylation sites is 2. The van der Waals surface area contributed by atoms with E-state index in [1.54, 1.807) is 0 Å². The quantitative estimate of drug-likeness (QED) is 0.168. The first-order chi connectivity index (χ1) is 30.9. The van der Waals surface area contributed by atoms with Crippen molar-refractivity contribution in [3.63, 3.8) is 0 Å². The molecule has 0 N–H and O–H groups in total. The van der Waals surface area contributed by atoms with Gasteiger partial charge in [0.1, 0.15) is 0 Å². The van der Waals surface area contributed by atoms with Crippen molar-refractivity contribution in [3.05, 3.63) is 216 Å². The molecule has 0 aliphatic rings. The molecule has 0 aliphatic heterocycles. The summed E-state index contributed by atoms with van der Waals surface area (Å²) in [6, 6.07) is 71.5. The van der Waals surface area contributed by atoms with Crippen LogP contribution < -0.4 is 0 Å². The molecule has 4 heteroatoms. The summed E-state index contributed by atoms with van der Waals surface area (Å²) in [5.41, 5.74) is 19.9. The van der Waals surface area contributed by atoms with Crippen LogP contribution in [0.4, 0.5) is 0 Å². The lowest BCUT2D eigenvalue weighted by molar-refractivity contribution is 1.16. The van der Waals surface area contributed by atoms with E-state index < -0.39 is 0 Å². The molecule has 0 bridgehead atoms. The Bertz CT molecular complexity index is 3750. The number of hydrogen-bond donors (Lipinski definition) is 0. The molecule has 0 aliphatic carbocycles. The summed E-state index contributed by atoms with van der Waals surface area (Å²) >= 11 is 0. The molecule has 2 aromatic heterocycles. The maximum Gasteiger partial charge on any atom is 0.0992 e. The lowest BCUT2D eigenvalue weighted by Gasteiger charge is -2.20. The van der Waals surface area contributed by atoms with Crippen LogP contribution in [0.3, 0.4) is 0 Å². The van der Waals surface area contributed by atoms with Gasteiger partial charge in [-0.15, -0.1) is 0 Å². The van der Waals surface area contributed by atoms with Crippen LogP contribution in [0.15, 0.2) is 188 Å². The molecule has 2 heterocycles. The summed E-state index contributed by atoms with van der Waals surface area (Å²) in [6.45, 7) is 6.40. The molecule has 0 unspecified atom stereocenters. The Hall–Kier alpha value is -8.44. The molecular formula is C59H40N4. The van der Waals surface area contributed by atoms with Gasteiger partial charge in [0.25, 0.3) is 0 Å². The van der Waals surface area contributed by atoms with E-state index in [1.165, 1.54) is 44.2 Å². The summed E-state index contributed by atoms with van der Waals surface area (Å²) < 4.78 is 4.74. The summed E-state index contributed by atoms with van der Waals surface area (Å²) in [5, 5.41) is 24.9. The van der Waals surface area contributed by atoms with Crippen molar-refractivity contribution in [1.82, 2.24) is 9.13 Å². The van der Waals surface area contributed by atoms with Gasteiger partial charge in [0, 0.05) is 32.7 Å². The van der Waals surface area contributed by atoms with Gasteiger partial charge in [-0.25, -0.2) is 0 Å². The molecule has 9 aromatic carbocycles. The van der Waals surface area contributed by atoms with Gasteiger partial charge >= 0.3 is 0 Å². The van der Waals surface area contributed by atoms with E-state index in [-0.39, 0.29) is 0 Å². The SMILES string of the molecule is Cc1ccccc1-c1ccc2c(c1)c1ccccc1n2-c1ccc(-c2ccc(C#N)cc2C)cc1-c1ccc(C#N)cc1-n1c2ccccc2c2cc(-c3ccccc3C)ccc21. The fraction of sp³-hybridized carbons (Fsp3) is 0.0508. The average Bonchev–Trinajstić information content (AvgIpc) is 3.83. The standard InChI is InChI=1S/C59H40N4/c1-37-12-4-6-14-45(37)42-22-27-56-51(32-42)48-16-8-10-18-54(48)62(56)57-28-24-44(47-25-20-40(35-60)30-39(47)3)34-53(57)50-26-21-41(36-61)31-59(50)63-55-19-11-9-17-49(55)52-33-43(23-29-58(52)63)46-15-7-5-13-38(46)2/h4-34H,1-3H3. The van der Waals surface area contributed by atoms with Crippen LogP contribution in [0.2, 0.25) is 0 Å². The number of fused-ring (bicyclic) bond motifs is 6. The molecule has 0 fully saturated rings. The van der Waals surface area contributed by atoms with E-state index in [9.17, 15) is 10.5 Å². The van der Waals surface area contributed by atoms with Gasteiger partial charge in [-0.3, -0.25) is 0 Å².